The van der Waals surface area contributed by atoms with Crippen LogP contribution < -0.4 is 9.64 Å². The van der Waals surface area contributed by atoms with Crippen molar-refractivity contribution in [3.05, 3.63) is 95.6 Å². The lowest BCUT2D eigenvalue weighted by molar-refractivity contribution is -0.152. The highest BCUT2D eigenvalue weighted by Gasteiger charge is 2.52. The van der Waals surface area contributed by atoms with Crippen LogP contribution in [0.25, 0.3) is 0 Å². The summed E-state index contributed by atoms with van der Waals surface area (Å²) in [4.78, 5) is 27.2. The van der Waals surface area contributed by atoms with Crippen LogP contribution in [-0.4, -0.2) is 25.0 Å². The Labute approximate surface area is 201 Å². The zero-order valence-electron chi connectivity index (χ0n) is 20.2. The summed E-state index contributed by atoms with van der Waals surface area (Å²) >= 11 is 0. The number of nitrogens with zero attached hydrogens (tertiary/aromatic N) is 1. The lowest BCUT2D eigenvalue weighted by Crippen LogP contribution is -2.65. The maximum Gasteiger partial charge on any atom is 0.329 e. The Morgan fingerprint density at radius 3 is 2.12 bits per heavy atom. The normalized spacial score (nSPS) is 17.8. The van der Waals surface area contributed by atoms with Crippen molar-refractivity contribution in [3.8, 4) is 5.75 Å². The fraction of sp³-hybridized carbons (Fsp3) is 0.310. The van der Waals surface area contributed by atoms with Gasteiger partial charge in [0.25, 0.3) is 0 Å². The molecule has 0 aromatic heterocycles. The summed E-state index contributed by atoms with van der Waals surface area (Å²) in [5.74, 6) is -0.154. The summed E-state index contributed by atoms with van der Waals surface area (Å²) in [5.41, 5.74) is 3.98. The third kappa shape index (κ3) is 4.98. The van der Waals surface area contributed by atoms with Crippen molar-refractivity contribution in [3.63, 3.8) is 0 Å². The topological polar surface area (TPSA) is 55.8 Å². The maximum atomic E-state index is 13.1. The largest absolute Gasteiger partial charge is 0.489 e. The zero-order valence-corrected chi connectivity index (χ0v) is 20.2. The highest BCUT2D eigenvalue weighted by Crippen LogP contribution is 2.37. The van der Waals surface area contributed by atoms with E-state index in [1.807, 2.05) is 78.9 Å². The predicted octanol–water partition coefficient (Wildman–Crippen LogP) is 5.31. The molecule has 0 spiro atoms. The SMILES string of the molecule is COC(=O)[C@@H]1[C@H](Cc2ccc(OCc3ccccc3)cc2)C(=O)N1c1ccc(C(C)(C)C)cc1. The van der Waals surface area contributed by atoms with Gasteiger partial charge in [-0.3, -0.25) is 9.69 Å². The molecule has 3 aromatic rings. The van der Waals surface area contributed by atoms with Gasteiger partial charge in [-0.15, -0.1) is 0 Å². The van der Waals surface area contributed by atoms with Gasteiger partial charge in [0.2, 0.25) is 5.91 Å². The van der Waals surface area contributed by atoms with E-state index in [-0.39, 0.29) is 11.3 Å². The number of carbonyl (C=O) groups excluding carboxylic acids is 2. The molecule has 1 aliphatic heterocycles. The van der Waals surface area contributed by atoms with Gasteiger partial charge in [0, 0.05) is 5.69 Å². The molecule has 1 fully saturated rings. The van der Waals surface area contributed by atoms with Crippen molar-refractivity contribution in [2.24, 2.45) is 5.92 Å². The van der Waals surface area contributed by atoms with Gasteiger partial charge in [-0.25, -0.2) is 4.79 Å². The number of carbonyl (C=O) groups is 2. The molecule has 1 saturated heterocycles. The highest BCUT2D eigenvalue weighted by molar-refractivity contribution is 6.10. The van der Waals surface area contributed by atoms with Crippen molar-refractivity contribution >= 4 is 17.6 Å². The second kappa shape index (κ2) is 9.72. The van der Waals surface area contributed by atoms with Crippen LogP contribution in [0.15, 0.2) is 78.9 Å². The Bertz CT molecular complexity index is 1130. The van der Waals surface area contributed by atoms with Crippen LogP contribution in [0.2, 0.25) is 0 Å². The number of esters is 1. The van der Waals surface area contributed by atoms with Gasteiger partial charge >= 0.3 is 5.97 Å². The highest BCUT2D eigenvalue weighted by atomic mass is 16.5. The number of benzene rings is 3. The molecule has 0 bridgehead atoms. The van der Waals surface area contributed by atoms with Crippen LogP contribution in [0.5, 0.6) is 5.75 Å². The van der Waals surface area contributed by atoms with Gasteiger partial charge in [-0.1, -0.05) is 75.4 Å². The van der Waals surface area contributed by atoms with Crippen molar-refractivity contribution in [2.45, 2.75) is 45.3 Å². The lowest BCUT2D eigenvalue weighted by Gasteiger charge is -2.45. The summed E-state index contributed by atoms with van der Waals surface area (Å²) in [6.45, 7) is 6.92. The number of hydrogen-bond donors (Lipinski definition) is 0. The number of hydrogen-bond acceptors (Lipinski definition) is 4. The Hall–Kier alpha value is -3.60. The molecule has 176 valence electrons. The lowest BCUT2D eigenvalue weighted by atomic mass is 9.81. The molecule has 1 aliphatic rings. The van der Waals surface area contributed by atoms with E-state index >= 15 is 0 Å². The molecule has 4 rings (SSSR count). The standard InChI is InChI=1S/C29H31NO4/c1-29(2,3)22-12-14-23(15-13-22)30-26(28(32)33-4)25(27(30)31)18-20-10-16-24(17-11-20)34-19-21-8-6-5-7-9-21/h5-17,25-26H,18-19H2,1-4H3/t25-,26-/m0/s1. The molecule has 0 unspecified atom stereocenters. The molecule has 3 aromatic carbocycles. The van der Waals surface area contributed by atoms with Gasteiger partial charge in [-0.05, 0) is 52.8 Å². The van der Waals surface area contributed by atoms with E-state index in [0.29, 0.717) is 18.7 Å². The molecule has 2 atom stereocenters. The number of methoxy groups -OCH3 is 1. The predicted molar refractivity (Wildman–Crippen MR) is 133 cm³/mol. The fourth-order valence-electron chi connectivity index (χ4n) is 4.26. The minimum absolute atomic E-state index is 0.0126. The van der Waals surface area contributed by atoms with Crippen LogP contribution >= 0.6 is 0 Å². The Morgan fingerprint density at radius 2 is 1.53 bits per heavy atom. The van der Waals surface area contributed by atoms with Gasteiger partial charge in [0.05, 0.1) is 13.0 Å². The van der Waals surface area contributed by atoms with E-state index in [9.17, 15) is 9.59 Å². The smallest absolute Gasteiger partial charge is 0.329 e. The Balaban J connectivity index is 1.44. The zero-order chi connectivity index (χ0) is 24.3. The van der Waals surface area contributed by atoms with Crippen molar-refractivity contribution in [1.29, 1.82) is 0 Å². The molecule has 5 nitrogen and oxygen atoms in total. The number of β-lactam (4-membered cyclic amide) rings is 1. The summed E-state index contributed by atoms with van der Waals surface area (Å²) in [6.07, 6.45) is 0.466. The molecule has 1 amide bonds. The second-order valence-electron chi connectivity index (χ2n) is 9.70. The van der Waals surface area contributed by atoms with E-state index in [1.54, 1.807) is 4.90 Å². The first kappa shape index (κ1) is 23.6. The Kier molecular flexibility index (Phi) is 6.73. The average Bonchev–Trinajstić information content (AvgIpc) is 2.85. The van der Waals surface area contributed by atoms with Crippen LogP contribution in [-0.2, 0) is 32.8 Å². The van der Waals surface area contributed by atoms with Gasteiger partial charge in [0.15, 0.2) is 0 Å². The molecule has 34 heavy (non-hydrogen) atoms. The van der Waals surface area contributed by atoms with Crippen molar-refractivity contribution < 1.29 is 19.1 Å². The van der Waals surface area contributed by atoms with E-state index in [1.165, 1.54) is 12.7 Å². The summed E-state index contributed by atoms with van der Waals surface area (Å²) in [7, 11) is 1.36. The summed E-state index contributed by atoms with van der Waals surface area (Å²) in [6, 6.07) is 24.9. The average molecular weight is 458 g/mol. The number of rotatable bonds is 7. The van der Waals surface area contributed by atoms with Crippen molar-refractivity contribution in [2.75, 3.05) is 12.0 Å². The molecule has 0 N–H and O–H groups in total. The third-order valence-electron chi connectivity index (χ3n) is 6.30. The first-order chi connectivity index (χ1) is 16.3. The summed E-state index contributed by atoms with van der Waals surface area (Å²) < 4.78 is 10.9. The molecule has 0 radical (unpaired) electrons. The van der Waals surface area contributed by atoms with E-state index in [2.05, 4.69) is 20.8 Å². The minimum Gasteiger partial charge on any atom is -0.489 e. The van der Waals surface area contributed by atoms with E-state index < -0.39 is 17.9 Å². The van der Waals surface area contributed by atoms with Crippen LogP contribution in [0.3, 0.4) is 0 Å². The minimum atomic E-state index is -0.632. The van der Waals surface area contributed by atoms with Gasteiger partial charge in [0.1, 0.15) is 18.4 Å². The molecular weight excluding hydrogens is 426 g/mol. The summed E-state index contributed by atoms with van der Waals surface area (Å²) in [5, 5.41) is 0. The molecule has 5 heteroatoms. The van der Waals surface area contributed by atoms with Crippen molar-refractivity contribution in [1.82, 2.24) is 0 Å². The molecule has 1 heterocycles. The first-order valence-electron chi connectivity index (χ1n) is 11.5. The quantitative estimate of drug-likeness (QED) is 0.356. The number of anilines is 1. The van der Waals surface area contributed by atoms with E-state index in [0.717, 1.165) is 16.9 Å². The third-order valence-corrected chi connectivity index (χ3v) is 6.30. The first-order valence-corrected chi connectivity index (χ1v) is 11.5. The molecular formula is C29H31NO4. The van der Waals surface area contributed by atoms with E-state index in [4.69, 9.17) is 9.47 Å². The molecule has 0 saturated carbocycles. The maximum absolute atomic E-state index is 13.1. The molecule has 0 aliphatic carbocycles. The Morgan fingerprint density at radius 1 is 0.882 bits per heavy atom. The van der Waals surface area contributed by atoms with Crippen LogP contribution in [0, 0.1) is 5.92 Å². The monoisotopic (exact) mass is 457 g/mol. The second-order valence-corrected chi connectivity index (χ2v) is 9.70. The van der Waals surface area contributed by atoms with Crippen LogP contribution in [0.4, 0.5) is 5.69 Å². The van der Waals surface area contributed by atoms with Gasteiger partial charge in [-0.2, -0.15) is 0 Å². The number of ether oxygens (including phenoxy) is 2. The van der Waals surface area contributed by atoms with Crippen LogP contribution in [0.1, 0.15) is 37.5 Å². The fourth-order valence-corrected chi connectivity index (χ4v) is 4.26. The number of amides is 1. The van der Waals surface area contributed by atoms with Gasteiger partial charge < -0.3 is 9.47 Å².